The Labute approximate surface area is 141 Å². The molecule has 2 aliphatic heterocycles. The summed E-state index contributed by atoms with van der Waals surface area (Å²) in [5, 5.41) is 13.4. The zero-order valence-electron chi connectivity index (χ0n) is 14.3. The van der Waals surface area contributed by atoms with Gasteiger partial charge in [-0.05, 0) is 56.2 Å². The van der Waals surface area contributed by atoms with Gasteiger partial charge >= 0.3 is 0 Å². The lowest BCUT2D eigenvalue weighted by Crippen LogP contribution is -2.32. The summed E-state index contributed by atoms with van der Waals surface area (Å²) in [5.41, 5.74) is 6.22. The lowest BCUT2D eigenvalue weighted by atomic mass is 9.84. The smallest absolute Gasteiger partial charge is 0.227 e. The Hall–Kier alpha value is -2.46. The van der Waals surface area contributed by atoms with Gasteiger partial charge in [-0.3, -0.25) is 0 Å². The third kappa shape index (κ3) is 2.18. The molecule has 0 bridgehead atoms. The summed E-state index contributed by atoms with van der Waals surface area (Å²) in [4.78, 5) is 0. The summed E-state index contributed by atoms with van der Waals surface area (Å²) in [6.07, 6.45) is 1.75. The van der Waals surface area contributed by atoms with Gasteiger partial charge in [0.2, 0.25) is 6.29 Å². The Balaban J connectivity index is 2.01. The van der Waals surface area contributed by atoms with Crippen LogP contribution in [0.5, 0.6) is 11.5 Å². The molecule has 0 saturated heterocycles. The third-order valence-corrected chi connectivity index (χ3v) is 4.61. The number of allylic oxidation sites excluding steroid dienone is 1. The largest absolute Gasteiger partial charge is 0.508 e. The Morgan fingerprint density at radius 2 is 1.96 bits per heavy atom. The quantitative estimate of drug-likeness (QED) is 0.798. The molecule has 24 heavy (non-hydrogen) atoms. The molecule has 0 aliphatic carbocycles. The number of nitrogens with one attached hydrogen (secondary N) is 1. The highest BCUT2D eigenvalue weighted by Crippen LogP contribution is 2.49. The van der Waals surface area contributed by atoms with Gasteiger partial charge in [0.05, 0.1) is 5.54 Å². The predicted octanol–water partition coefficient (Wildman–Crippen LogP) is 4.70. The van der Waals surface area contributed by atoms with E-state index in [0.717, 1.165) is 33.7 Å². The summed E-state index contributed by atoms with van der Waals surface area (Å²) in [6.45, 7) is 6.42. The van der Waals surface area contributed by atoms with E-state index in [1.807, 2.05) is 0 Å². The minimum absolute atomic E-state index is 0.0976. The van der Waals surface area contributed by atoms with Gasteiger partial charge in [0.25, 0.3) is 0 Å². The molecule has 0 saturated carbocycles. The summed E-state index contributed by atoms with van der Waals surface area (Å²) >= 11 is 0. The first-order chi connectivity index (χ1) is 11.4. The van der Waals surface area contributed by atoms with E-state index in [1.165, 1.54) is 5.57 Å². The molecule has 0 aromatic heterocycles. The minimum atomic E-state index is -0.474. The van der Waals surface area contributed by atoms with Crippen molar-refractivity contribution in [2.45, 2.75) is 32.6 Å². The molecule has 2 heterocycles. The average Bonchev–Trinajstić information content (AvgIpc) is 2.52. The van der Waals surface area contributed by atoms with Gasteiger partial charge in [-0.1, -0.05) is 12.1 Å². The number of phenolic OH excluding ortho intramolecular Hbond substituents is 1. The van der Waals surface area contributed by atoms with Crippen LogP contribution in [0.3, 0.4) is 0 Å². The second kappa shape index (κ2) is 5.02. The van der Waals surface area contributed by atoms with Crippen molar-refractivity contribution in [3.63, 3.8) is 0 Å². The molecular formula is C20H21NO3. The first kappa shape index (κ1) is 15.1. The molecule has 0 radical (unpaired) electrons. The van der Waals surface area contributed by atoms with Gasteiger partial charge in [-0.2, -0.15) is 0 Å². The topological polar surface area (TPSA) is 50.7 Å². The van der Waals surface area contributed by atoms with Gasteiger partial charge in [0.1, 0.15) is 11.5 Å². The fourth-order valence-electron chi connectivity index (χ4n) is 3.80. The van der Waals surface area contributed by atoms with Crippen LogP contribution in [0, 0.1) is 0 Å². The Bertz CT molecular complexity index is 867. The fourth-order valence-corrected chi connectivity index (χ4v) is 3.80. The van der Waals surface area contributed by atoms with E-state index >= 15 is 0 Å². The highest BCUT2D eigenvalue weighted by molar-refractivity contribution is 5.89. The number of benzene rings is 2. The molecule has 2 aromatic carbocycles. The summed E-state index contributed by atoms with van der Waals surface area (Å²) in [6, 6.07) is 9.32. The maximum absolute atomic E-state index is 9.89. The summed E-state index contributed by atoms with van der Waals surface area (Å²) in [5.74, 6) is 0.946. The predicted molar refractivity (Wildman–Crippen MR) is 95.3 cm³/mol. The molecule has 4 heteroatoms. The van der Waals surface area contributed by atoms with Crippen molar-refractivity contribution in [1.82, 2.24) is 0 Å². The molecule has 4 nitrogen and oxygen atoms in total. The highest BCUT2D eigenvalue weighted by atomic mass is 16.7. The maximum atomic E-state index is 9.89. The second-order valence-electron chi connectivity index (χ2n) is 6.99. The van der Waals surface area contributed by atoms with Crippen molar-refractivity contribution in [1.29, 1.82) is 0 Å². The SMILES string of the molecule is COC1Oc2ccc(O)cc2-c2ccc3c(c21)C(C)=CC(C)(C)N3. The van der Waals surface area contributed by atoms with E-state index in [0.29, 0.717) is 0 Å². The molecule has 2 N–H and O–H groups in total. The van der Waals surface area contributed by atoms with Crippen LogP contribution in [0.15, 0.2) is 36.4 Å². The van der Waals surface area contributed by atoms with Crippen LogP contribution < -0.4 is 10.1 Å². The molecular weight excluding hydrogens is 302 g/mol. The number of phenols is 1. The van der Waals surface area contributed by atoms with Gasteiger partial charge in [-0.25, -0.2) is 0 Å². The van der Waals surface area contributed by atoms with E-state index in [-0.39, 0.29) is 11.3 Å². The molecule has 124 valence electrons. The number of hydrogen-bond acceptors (Lipinski definition) is 4. The van der Waals surface area contributed by atoms with Crippen LogP contribution in [0.2, 0.25) is 0 Å². The van der Waals surface area contributed by atoms with E-state index in [2.05, 4.69) is 44.3 Å². The number of fused-ring (bicyclic) bond motifs is 5. The third-order valence-electron chi connectivity index (χ3n) is 4.61. The van der Waals surface area contributed by atoms with Crippen molar-refractivity contribution in [3.8, 4) is 22.6 Å². The summed E-state index contributed by atoms with van der Waals surface area (Å²) < 4.78 is 11.7. The second-order valence-corrected chi connectivity index (χ2v) is 6.99. The fraction of sp³-hybridized carbons (Fsp3) is 0.300. The standard InChI is InChI=1S/C20H21NO3/c1-11-10-20(2,3)21-15-7-6-13-14-9-12(22)5-8-16(14)24-19(23-4)18(13)17(11)15/h5-10,19,21-22H,1-4H3. The van der Waals surface area contributed by atoms with Crippen molar-refractivity contribution < 1.29 is 14.6 Å². The van der Waals surface area contributed by atoms with Crippen molar-refractivity contribution in [3.05, 3.63) is 47.5 Å². The monoisotopic (exact) mass is 323 g/mol. The number of ether oxygens (including phenoxy) is 2. The zero-order chi connectivity index (χ0) is 17.1. The molecule has 0 fully saturated rings. The Morgan fingerprint density at radius 3 is 2.71 bits per heavy atom. The number of methoxy groups -OCH3 is 1. The van der Waals surface area contributed by atoms with E-state index in [4.69, 9.17) is 9.47 Å². The number of hydrogen-bond donors (Lipinski definition) is 2. The van der Waals surface area contributed by atoms with E-state index in [1.54, 1.807) is 25.3 Å². The van der Waals surface area contributed by atoms with E-state index in [9.17, 15) is 5.11 Å². The Kier molecular flexibility index (Phi) is 3.15. The molecule has 1 unspecified atom stereocenters. The molecule has 1 atom stereocenters. The van der Waals surface area contributed by atoms with Gasteiger partial charge < -0.3 is 19.9 Å². The first-order valence-electron chi connectivity index (χ1n) is 8.07. The normalized spacial score (nSPS) is 20.0. The average molecular weight is 323 g/mol. The molecule has 2 aromatic rings. The maximum Gasteiger partial charge on any atom is 0.227 e. The first-order valence-corrected chi connectivity index (χ1v) is 8.07. The van der Waals surface area contributed by atoms with Crippen LogP contribution in [-0.4, -0.2) is 17.8 Å². The lowest BCUT2D eigenvalue weighted by Gasteiger charge is -2.36. The van der Waals surface area contributed by atoms with Gasteiger partial charge in [0, 0.05) is 29.5 Å². The van der Waals surface area contributed by atoms with Crippen LogP contribution in [0.25, 0.3) is 16.7 Å². The zero-order valence-corrected chi connectivity index (χ0v) is 14.3. The number of aromatic hydroxyl groups is 1. The van der Waals surface area contributed by atoms with Crippen molar-refractivity contribution in [2.75, 3.05) is 12.4 Å². The minimum Gasteiger partial charge on any atom is -0.508 e. The molecule has 0 amide bonds. The van der Waals surface area contributed by atoms with Crippen LogP contribution in [0.1, 0.15) is 38.2 Å². The Morgan fingerprint density at radius 1 is 1.17 bits per heavy atom. The van der Waals surface area contributed by atoms with Crippen molar-refractivity contribution in [2.24, 2.45) is 0 Å². The van der Waals surface area contributed by atoms with Crippen LogP contribution in [-0.2, 0) is 4.74 Å². The van der Waals surface area contributed by atoms with Crippen molar-refractivity contribution >= 4 is 11.3 Å². The summed E-state index contributed by atoms with van der Waals surface area (Å²) in [7, 11) is 1.65. The lowest BCUT2D eigenvalue weighted by molar-refractivity contribution is -0.0579. The van der Waals surface area contributed by atoms with Crippen LogP contribution >= 0.6 is 0 Å². The van der Waals surface area contributed by atoms with Gasteiger partial charge in [-0.15, -0.1) is 0 Å². The number of anilines is 1. The molecule has 4 rings (SSSR count). The van der Waals surface area contributed by atoms with Crippen LogP contribution in [0.4, 0.5) is 5.69 Å². The van der Waals surface area contributed by atoms with E-state index < -0.39 is 6.29 Å². The number of rotatable bonds is 1. The molecule has 0 spiro atoms. The molecule has 2 aliphatic rings. The highest BCUT2D eigenvalue weighted by Gasteiger charge is 2.33. The van der Waals surface area contributed by atoms with Gasteiger partial charge in [0.15, 0.2) is 0 Å².